The molecule has 0 bridgehead atoms. The molecular weight excluding hydrogens is 716 g/mol. The van der Waals surface area contributed by atoms with Gasteiger partial charge in [0.1, 0.15) is 30.2 Å². The first-order valence-electron chi connectivity index (χ1n) is 18.0. The van der Waals surface area contributed by atoms with E-state index in [0.717, 1.165) is 12.2 Å². The number of rotatable bonds is 23. The van der Waals surface area contributed by atoms with Gasteiger partial charge in [0.2, 0.25) is 47.3 Å². The predicted molar refractivity (Wildman–Crippen MR) is 201 cm³/mol. The lowest BCUT2D eigenvalue weighted by Gasteiger charge is -2.29. The first-order chi connectivity index (χ1) is 25.7. The molecule has 1 aromatic carbocycles. The summed E-state index contributed by atoms with van der Waals surface area (Å²) >= 11 is 0. The van der Waals surface area contributed by atoms with Crippen LogP contribution in [0.1, 0.15) is 66.9 Å². The zero-order valence-corrected chi connectivity index (χ0v) is 32.4. The molecule has 0 radical (unpaired) electrons. The molecule has 10 N–H and O–H groups in total. The van der Waals surface area contributed by atoms with Crippen molar-refractivity contribution in [3.05, 3.63) is 48.0 Å². The van der Waals surface area contributed by atoms with Crippen molar-refractivity contribution in [1.29, 1.82) is 0 Å². The van der Waals surface area contributed by atoms with Crippen LogP contribution in [0.2, 0.25) is 0 Å². The van der Waals surface area contributed by atoms with Crippen LogP contribution < -0.4 is 43.0 Å². The standard InChI is InChI=1S/C37H56N8O10/c1-8-22(6)32(36(53)43-25(16-20(2)3)35(52)44-31(21(4)5)33(38)50)45-34(51)23(7)41-28(47)15-14-27(46)39-18-29(48)40-19-30(49)42-26(37(54)55)17-24-12-10-9-11-13-24/h9-15,20-23,25-26,31-32H,8,16-19H2,1-7H3,(H2,38,50)(H,39,46)(H,40,48)(H,41,47)(H,42,49)(H,43,53)(H,44,52)(H,45,51)(H,54,55)/b15-14+/t22-,23-,25-,26-,31-,32-/m0/s1. The SMILES string of the molecule is CC[C@H](C)[C@H](NC(=O)[C@H](C)NC(=O)/C=C/C(=O)NCC(=O)NCC(=O)N[C@@H](Cc1ccccc1)C(=O)O)C(=O)N[C@@H](CC(C)C)C(=O)N[C@H](C(N)=O)C(C)C. The number of hydrogen-bond donors (Lipinski definition) is 9. The van der Waals surface area contributed by atoms with Gasteiger partial charge in [0, 0.05) is 18.6 Å². The van der Waals surface area contributed by atoms with Crippen LogP contribution in [0.25, 0.3) is 0 Å². The van der Waals surface area contributed by atoms with E-state index in [4.69, 9.17) is 5.73 Å². The fourth-order valence-electron chi connectivity index (χ4n) is 5.01. The molecule has 0 aliphatic carbocycles. The number of carboxylic acids is 1. The highest BCUT2D eigenvalue weighted by molar-refractivity contribution is 6.00. The maximum Gasteiger partial charge on any atom is 0.326 e. The number of benzene rings is 1. The third-order valence-corrected chi connectivity index (χ3v) is 8.33. The Morgan fingerprint density at radius 3 is 1.80 bits per heavy atom. The third-order valence-electron chi connectivity index (χ3n) is 8.33. The summed E-state index contributed by atoms with van der Waals surface area (Å²) in [5.74, 6) is -7.84. The van der Waals surface area contributed by atoms with E-state index >= 15 is 0 Å². The van der Waals surface area contributed by atoms with E-state index in [1.54, 1.807) is 51.1 Å². The molecule has 0 saturated heterocycles. The van der Waals surface area contributed by atoms with Crippen LogP contribution >= 0.6 is 0 Å². The van der Waals surface area contributed by atoms with Crippen molar-refractivity contribution in [3.63, 3.8) is 0 Å². The quantitative estimate of drug-likeness (QED) is 0.0598. The van der Waals surface area contributed by atoms with Crippen molar-refractivity contribution in [2.24, 2.45) is 23.5 Å². The number of aliphatic carboxylic acids is 1. The normalized spacial score (nSPS) is 14.3. The summed E-state index contributed by atoms with van der Waals surface area (Å²) in [6, 6.07) is 3.19. The van der Waals surface area contributed by atoms with E-state index in [-0.39, 0.29) is 30.6 Å². The number of amides is 8. The van der Waals surface area contributed by atoms with Crippen molar-refractivity contribution >= 4 is 53.2 Å². The molecular formula is C37H56N8O10. The maximum atomic E-state index is 13.5. The summed E-state index contributed by atoms with van der Waals surface area (Å²) in [5.41, 5.74) is 6.13. The van der Waals surface area contributed by atoms with Crippen LogP contribution in [0.3, 0.4) is 0 Å². The molecule has 6 atom stereocenters. The minimum absolute atomic E-state index is 0.0228. The molecule has 0 heterocycles. The van der Waals surface area contributed by atoms with Crippen LogP contribution in [0.4, 0.5) is 0 Å². The molecule has 0 spiro atoms. The zero-order valence-electron chi connectivity index (χ0n) is 32.4. The Morgan fingerprint density at radius 2 is 1.25 bits per heavy atom. The lowest BCUT2D eigenvalue weighted by Crippen LogP contribution is -2.59. The van der Waals surface area contributed by atoms with Gasteiger partial charge in [-0.25, -0.2) is 4.79 Å². The van der Waals surface area contributed by atoms with Gasteiger partial charge in [0.05, 0.1) is 13.1 Å². The summed E-state index contributed by atoms with van der Waals surface area (Å²) in [4.78, 5) is 112. The Kier molecular flexibility index (Phi) is 20.4. The second-order valence-electron chi connectivity index (χ2n) is 13.9. The largest absolute Gasteiger partial charge is 0.480 e. The Labute approximate surface area is 320 Å². The highest BCUT2D eigenvalue weighted by Crippen LogP contribution is 2.12. The van der Waals surface area contributed by atoms with Crippen LogP contribution in [-0.4, -0.2) is 102 Å². The van der Waals surface area contributed by atoms with Gasteiger partial charge in [0.15, 0.2) is 0 Å². The Balaban J connectivity index is 2.69. The summed E-state index contributed by atoms with van der Waals surface area (Å²) in [6.07, 6.45) is 2.39. The number of carboxylic acid groups (broad SMARTS) is 1. The average molecular weight is 773 g/mol. The molecule has 18 heteroatoms. The molecule has 0 aliphatic heterocycles. The average Bonchev–Trinajstić information content (AvgIpc) is 3.12. The Hall–Kier alpha value is -5.81. The van der Waals surface area contributed by atoms with Gasteiger partial charge < -0.3 is 48.1 Å². The van der Waals surface area contributed by atoms with E-state index in [0.29, 0.717) is 12.0 Å². The molecule has 0 saturated carbocycles. The van der Waals surface area contributed by atoms with E-state index in [1.807, 2.05) is 20.8 Å². The van der Waals surface area contributed by atoms with Gasteiger partial charge in [-0.15, -0.1) is 0 Å². The number of primary amides is 1. The highest BCUT2D eigenvalue weighted by atomic mass is 16.4. The molecule has 0 fully saturated rings. The number of nitrogens with two attached hydrogens (primary N) is 1. The first kappa shape index (κ1) is 47.2. The summed E-state index contributed by atoms with van der Waals surface area (Å²) in [6.45, 7) is 10.9. The van der Waals surface area contributed by atoms with Crippen LogP contribution in [0.5, 0.6) is 0 Å². The van der Waals surface area contributed by atoms with Crippen LogP contribution in [0.15, 0.2) is 42.5 Å². The third kappa shape index (κ3) is 18.2. The molecule has 0 aliphatic rings. The van der Waals surface area contributed by atoms with Gasteiger partial charge >= 0.3 is 5.97 Å². The molecule has 1 rings (SSSR count). The van der Waals surface area contributed by atoms with Gasteiger partial charge in [0.25, 0.3) is 0 Å². The van der Waals surface area contributed by atoms with Crippen LogP contribution in [-0.2, 0) is 49.6 Å². The molecule has 1 aromatic rings. The summed E-state index contributed by atoms with van der Waals surface area (Å²) in [7, 11) is 0. The molecule has 18 nitrogen and oxygen atoms in total. The fraction of sp³-hybridized carbons (Fsp3) is 0.541. The second-order valence-corrected chi connectivity index (χ2v) is 13.9. The van der Waals surface area contributed by atoms with Crippen molar-refractivity contribution in [3.8, 4) is 0 Å². The first-order valence-corrected chi connectivity index (χ1v) is 18.0. The minimum atomic E-state index is -1.25. The Bertz CT molecular complexity index is 1550. The maximum absolute atomic E-state index is 13.5. The molecule has 8 amide bonds. The molecule has 0 unspecified atom stereocenters. The predicted octanol–water partition coefficient (Wildman–Crippen LogP) is -1.22. The topological polar surface area (TPSA) is 284 Å². The zero-order chi connectivity index (χ0) is 41.8. The number of nitrogens with one attached hydrogen (secondary N) is 7. The van der Waals surface area contributed by atoms with Gasteiger partial charge in [-0.3, -0.25) is 38.4 Å². The molecule has 304 valence electrons. The number of carbonyl (C=O) groups excluding carboxylic acids is 8. The Morgan fingerprint density at radius 1 is 0.673 bits per heavy atom. The minimum Gasteiger partial charge on any atom is -0.480 e. The van der Waals surface area contributed by atoms with E-state index in [2.05, 4.69) is 37.2 Å². The highest BCUT2D eigenvalue weighted by Gasteiger charge is 2.33. The number of carbonyl (C=O) groups is 9. The monoisotopic (exact) mass is 772 g/mol. The fourth-order valence-corrected chi connectivity index (χ4v) is 5.01. The van der Waals surface area contributed by atoms with Crippen molar-refractivity contribution in [1.82, 2.24) is 37.2 Å². The van der Waals surface area contributed by atoms with Crippen molar-refractivity contribution < 1.29 is 48.3 Å². The van der Waals surface area contributed by atoms with Crippen molar-refractivity contribution in [2.75, 3.05) is 13.1 Å². The van der Waals surface area contributed by atoms with E-state index < -0.39 is 96.5 Å². The molecule has 0 aromatic heterocycles. The number of hydrogen-bond acceptors (Lipinski definition) is 9. The second kappa shape index (κ2) is 23.8. The molecule has 55 heavy (non-hydrogen) atoms. The van der Waals surface area contributed by atoms with Gasteiger partial charge in [-0.05, 0) is 36.7 Å². The van der Waals surface area contributed by atoms with Crippen molar-refractivity contribution in [2.45, 2.75) is 97.9 Å². The van der Waals surface area contributed by atoms with E-state index in [9.17, 15) is 48.3 Å². The van der Waals surface area contributed by atoms with Gasteiger partial charge in [-0.1, -0.05) is 78.3 Å². The lowest BCUT2D eigenvalue weighted by molar-refractivity contribution is -0.141. The summed E-state index contributed by atoms with van der Waals surface area (Å²) in [5, 5.41) is 26.5. The van der Waals surface area contributed by atoms with Gasteiger partial charge in [-0.2, -0.15) is 0 Å². The summed E-state index contributed by atoms with van der Waals surface area (Å²) < 4.78 is 0. The van der Waals surface area contributed by atoms with E-state index in [1.165, 1.54) is 6.92 Å². The van der Waals surface area contributed by atoms with Crippen LogP contribution in [0, 0.1) is 17.8 Å². The lowest BCUT2D eigenvalue weighted by atomic mass is 9.96. The smallest absolute Gasteiger partial charge is 0.326 e.